The van der Waals surface area contributed by atoms with Crippen LogP contribution in [-0.2, 0) is 17.6 Å². The van der Waals surface area contributed by atoms with E-state index in [2.05, 4.69) is 18.0 Å². The highest BCUT2D eigenvalue weighted by molar-refractivity contribution is 7.09. The first-order chi connectivity index (χ1) is 10.0. The summed E-state index contributed by atoms with van der Waals surface area (Å²) in [6, 6.07) is 6.15. The minimum absolute atomic E-state index is 0.00440. The van der Waals surface area contributed by atoms with Crippen LogP contribution in [0, 0.1) is 13.8 Å². The Labute approximate surface area is 128 Å². The summed E-state index contributed by atoms with van der Waals surface area (Å²) < 4.78 is 5.77. The Hall–Kier alpha value is -1.88. The summed E-state index contributed by atoms with van der Waals surface area (Å²) in [5.74, 6) is 0.0799. The zero-order valence-electron chi connectivity index (χ0n) is 12.3. The Morgan fingerprint density at radius 1 is 1.38 bits per heavy atom. The third-order valence-corrected chi connectivity index (χ3v) is 4.01. The van der Waals surface area contributed by atoms with Gasteiger partial charge in [0.1, 0.15) is 5.75 Å². The zero-order chi connectivity index (χ0) is 15.2. The Morgan fingerprint density at radius 3 is 2.90 bits per heavy atom. The molecule has 0 saturated carbocycles. The number of carbonyl (C=O) groups is 1. The van der Waals surface area contributed by atoms with E-state index in [1.54, 1.807) is 0 Å². The Kier molecular flexibility index (Phi) is 5.33. The van der Waals surface area contributed by atoms with Gasteiger partial charge in [0.2, 0.25) is 0 Å². The van der Waals surface area contributed by atoms with Crippen molar-refractivity contribution in [1.82, 2.24) is 4.98 Å². The molecule has 0 saturated heterocycles. The fraction of sp³-hybridized carbons (Fsp3) is 0.375. The molecule has 0 fully saturated rings. The van der Waals surface area contributed by atoms with Crippen molar-refractivity contribution in [2.45, 2.75) is 33.1 Å². The molecule has 1 aromatic carbocycles. The normalized spacial score (nSPS) is 10.6. The number of benzene rings is 1. The summed E-state index contributed by atoms with van der Waals surface area (Å²) in [5.41, 5.74) is 3.01. The number of thiazole rings is 1. The van der Waals surface area contributed by atoms with Gasteiger partial charge in [-0.05, 0) is 31.9 Å². The molecule has 0 aliphatic carbocycles. The van der Waals surface area contributed by atoms with Crippen molar-refractivity contribution in [1.29, 1.82) is 0 Å². The number of aromatic nitrogens is 1. The predicted octanol–water partition coefficient (Wildman–Crippen LogP) is 3.40. The quantitative estimate of drug-likeness (QED) is 0.797. The van der Waals surface area contributed by atoms with Gasteiger partial charge in [0.15, 0.2) is 0 Å². The minimum Gasteiger partial charge on any atom is -0.493 e. The molecule has 4 nitrogen and oxygen atoms in total. The summed E-state index contributed by atoms with van der Waals surface area (Å²) in [4.78, 5) is 14.9. The maximum atomic E-state index is 10.6. The van der Waals surface area contributed by atoms with Gasteiger partial charge in [-0.2, -0.15) is 0 Å². The van der Waals surface area contributed by atoms with E-state index in [4.69, 9.17) is 9.84 Å². The number of carboxylic acid groups (broad SMARTS) is 1. The number of hydrogen-bond acceptors (Lipinski definition) is 4. The molecule has 2 aromatic rings. The summed E-state index contributed by atoms with van der Waals surface area (Å²) in [6.45, 7) is 4.74. The topological polar surface area (TPSA) is 59.4 Å². The van der Waals surface area contributed by atoms with E-state index in [1.807, 2.05) is 24.4 Å². The molecule has 0 aliphatic heterocycles. The van der Waals surface area contributed by atoms with E-state index in [-0.39, 0.29) is 6.42 Å². The number of hydrogen-bond donors (Lipinski definition) is 1. The molecule has 0 aliphatic rings. The Morgan fingerprint density at radius 2 is 2.19 bits per heavy atom. The number of aliphatic carboxylic acids is 1. The van der Waals surface area contributed by atoms with Crippen molar-refractivity contribution in [2.24, 2.45) is 0 Å². The molecule has 0 unspecified atom stereocenters. The maximum absolute atomic E-state index is 10.6. The van der Waals surface area contributed by atoms with Gasteiger partial charge < -0.3 is 9.84 Å². The third kappa shape index (κ3) is 4.86. The lowest BCUT2D eigenvalue weighted by molar-refractivity contribution is -0.136. The van der Waals surface area contributed by atoms with Crippen LogP contribution in [0.25, 0.3) is 0 Å². The number of aryl methyl sites for hydroxylation is 3. The van der Waals surface area contributed by atoms with Crippen molar-refractivity contribution in [2.75, 3.05) is 6.61 Å². The van der Waals surface area contributed by atoms with Crippen LogP contribution >= 0.6 is 11.3 Å². The maximum Gasteiger partial charge on any atom is 0.309 e. The summed E-state index contributed by atoms with van der Waals surface area (Å²) >= 11 is 1.51. The summed E-state index contributed by atoms with van der Waals surface area (Å²) in [7, 11) is 0. The molecule has 0 spiro atoms. The van der Waals surface area contributed by atoms with Gasteiger partial charge >= 0.3 is 5.97 Å². The number of carboxylic acids is 1. The van der Waals surface area contributed by atoms with Crippen molar-refractivity contribution in [3.8, 4) is 5.75 Å². The highest BCUT2D eigenvalue weighted by atomic mass is 32.1. The lowest BCUT2D eigenvalue weighted by Crippen LogP contribution is -2.02. The lowest BCUT2D eigenvalue weighted by Gasteiger charge is -2.09. The van der Waals surface area contributed by atoms with Crippen LogP contribution in [0.15, 0.2) is 23.6 Å². The van der Waals surface area contributed by atoms with Crippen LogP contribution in [0.3, 0.4) is 0 Å². The van der Waals surface area contributed by atoms with Crippen molar-refractivity contribution in [3.05, 3.63) is 45.4 Å². The van der Waals surface area contributed by atoms with Crippen LogP contribution in [0.5, 0.6) is 5.75 Å². The van der Waals surface area contributed by atoms with Gasteiger partial charge in [-0.1, -0.05) is 17.7 Å². The summed E-state index contributed by atoms with van der Waals surface area (Å²) in [5, 5.41) is 11.5. The average Bonchev–Trinajstić information content (AvgIpc) is 2.83. The van der Waals surface area contributed by atoms with Crippen molar-refractivity contribution < 1.29 is 14.6 Å². The van der Waals surface area contributed by atoms with Crippen LogP contribution in [0.2, 0.25) is 0 Å². The molecular formula is C16H19NO3S. The molecule has 21 heavy (non-hydrogen) atoms. The van der Waals surface area contributed by atoms with Crippen molar-refractivity contribution >= 4 is 17.3 Å². The molecule has 1 heterocycles. The van der Waals surface area contributed by atoms with Gasteiger partial charge in [0.05, 0.1) is 23.7 Å². The van der Waals surface area contributed by atoms with E-state index in [0.717, 1.165) is 29.2 Å². The van der Waals surface area contributed by atoms with Crippen LogP contribution in [-0.4, -0.2) is 22.7 Å². The van der Waals surface area contributed by atoms with E-state index >= 15 is 0 Å². The van der Waals surface area contributed by atoms with Crippen LogP contribution in [0.1, 0.15) is 28.2 Å². The fourth-order valence-electron chi connectivity index (χ4n) is 2.07. The molecule has 1 aromatic heterocycles. The van der Waals surface area contributed by atoms with E-state index in [9.17, 15) is 4.79 Å². The first kappa shape index (κ1) is 15.5. The van der Waals surface area contributed by atoms with E-state index in [1.165, 1.54) is 16.9 Å². The predicted molar refractivity (Wildman–Crippen MR) is 83.2 cm³/mol. The average molecular weight is 305 g/mol. The molecule has 5 heteroatoms. The molecule has 0 atom stereocenters. The smallest absolute Gasteiger partial charge is 0.309 e. The molecule has 0 bridgehead atoms. The van der Waals surface area contributed by atoms with Gasteiger partial charge in [-0.25, -0.2) is 4.98 Å². The standard InChI is InChI=1S/C16H19NO3S/c1-11-5-6-14(12(2)8-11)20-7-3-4-15-17-13(10-21-15)9-16(18)19/h5-6,8,10H,3-4,7,9H2,1-2H3,(H,18,19). The van der Waals surface area contributed by atoms with Gasteiger partial charge in [-0.3, -0.25) is 4.79 Å². The highest BCUT2D eigenvalue weighted by Crippen LogP contribution is 2.19. The third-order valence-electron chi connectivity index (χ3n) is 3.05. The second-order valence-electron chi connectivity index (χ2n) is 5.02. The second kappa shape index (κ2) is 7.22. The molecule has 1 N–H and O–H groups in total. The lowest BCUT2D eigenvalue weighted by atomic mass is 10.1. The Balaban J connectivity index is 1.76. The number of rotatable bonds is 7. The number of ether oxygens (including phenoxy) is 1. The minimum atomic E-state index is -0.843. The second-order valence-corrected chi connectivity index (χ2v) is 5.97. The van der Waals surface area contributed by atoms with Gasteiger partial charge in [0, 0.05) is 11.8 Å². The zero-order valence-corrected chi connectivity index (χ0v) is 13.1. The van der Waals surface area contributed by atoms with E-state index in [0.29, 0.717) is 12.3 Å². The van der Waals surface area contributed by atoms with Crippen LogP contribution in [0.4, 0.5) is 0 Å². The fourth-order valence-corrected chi connectivity index (χ4v) is 2.91. The molecule has 2 rings (SSSR count). The van der Waals surface area contributed by atoms with Gasteiger partial charge in [-0.15, -0.1) is 11.3 Å². The van der Waals surface area contributed by atoms with Gasteiger partial charge in [0.25, 0.3) is 0 Å². The molecule has 0 amide bonds. The first-order valence-corrected chi connectivity index (χ1v) is 7.77. The van der Waals surface area contributed by atoms with E-state index < -0.39 is 5.97 Å². The number of nitrogens with zero attached hydrogens (tertiary/aromatic N) is 1. The van der Waals surface area contributed by atoms with Crippen molar-refractivity contribution in [3.63, 3.8) is 0 Å². The first-order valence-electron chi connectivity index (χ1n) is 6.89. The Bertz CT molecular complexity index is 622. The molecule has 112 valence electrons. The SMILES string of the molecule is Cc1ccc(OCCCc2nc(CC(=O)O)cs2)c(C)c1. The monoisotopic (exact) mass is 305 g/mol. The summed E-state index contributed by atoms with van der Waals surface area (Å²) in [6.07, 6.45) is 1.68. The molecule has 0 radical (unpaired) electrons. The molecular weight excluding hydrogens is 286 g/mol. The largest absolute Gasteiger partial charge is 0.493 e. The van der Waals surface area contributed by atoms with Crippen LogP contribution < -0.4 is 4.74 Å². The highest BCUT2D eigenvalue weighted by Gasteiger charge is 2.06.